The highest BCUT2D eigenvalue weighted by molar-refractivity contribution is 5.93. The summed E-state index contributed by atoms with van der Waals surface area (Å²) >= 11 is 0. The summed E-state index contributed by atoms with van der Waals surface area (Å²) in [5, 5.41) is 14.9. The summed E-state index contributed by atoms with van der Waals surface area (Å²) in [6, 6.07) is 2.21. The molecule has 1 aliphatic heterocycles. The highest BCUT2D eigenvalue weighted by atomic mass is 35.5. The number of nitrogens with one attached hydrogen (secondary N) is 2. The first kappa shape index (κ1) is 18.5. The van der Waals surface area contributed by atoms with Crippen LogP contribution in [0.4, 0.5) is 0 Å². The number of carbonyl (C=O) groups excluding carboxylic acids is 1. The van der Waals surface area contributed by atoms with E-state index in [-0.39, 0.29) is 18.3 Å². The standard InChI is InChI=1S/C16H24N6O.ClH/c1-10-15(11(2)21(4)20-10)13-8-14(19-18-13)16(23)22-7-5-6-12(9-22)17-3;/h8,12,17H,5-7,9H2,1-4H3,(H,18,19);1H. The summed E-state index contributed by atoms with van der Waals surface area (Å²) in [5.74, 6) is 0.0166. The fourth-order valence-corrected chi connectivity index (χ4v) is 3.27. The molecular weight excluding hydrogens is 328 g/mol. The second kappa shape index (κ2) is 7.36. The normalized spacial score (nSPS) is 17.7. The SMILES string of the molecule is CNC1CCCN(C(=O)c2cc(-c3c(C)nn(C)c3C)n[nH]2)C1.Cl. The topological polar surface area (TPSA) is 78.8 Å². The molecule has 1 unspecified atom stereocenters. The van der Waals surface area contributed by atoms with E-state index in [1.807, 2.05) is 43.6 Å². The third kappa shape index (κ3) is 3.32. The van der Waals surface area contributed by atoms with E-state index in [4.69, 9.17) is 0 Å². The largest absolute Gasteiger partial charge is 0.336 e. The van der Waals surface area contributed by atoms with Gasteiger partial charge in [0.05, 0.1) is 11.4 Å². The van der Waals surface area contributed by atoms with Gasteiger partial charge < -0.3 is 10.2 Å². The molecule has 0 saturated carbocycles. The van der Waals surface area contributed by atoms with E-state index in [1.165, 1.54) is 0 Å². The van der Waals surface area contributed by atoms with Crippen LogP contribution in [0.2, 0.25) is 0 Å². The molecule has 2 N–H and O–H groups in total. The maximum Gasteiger partial charge on any atom is 0.271 e. The second-order valence-corrected chi connectivity index (χ2v) is 6.22. The molecule has 0 bridgehead atoms. The Morgan fingerprint density at radius 2 is 2.17 bits per heavy atom. The van der Waals surface area contributed by atoms with Crippen molar-refractivity contribution in [2.75, 3.05) is 20.1 Å². The van der Waals surface area contributed by atoms with Crippen LogP contribution in [-0.4, -0.2) is 57.0 Å². The number of halogens is 1. The monoisotopic (exact) mass is 352 g/mol. The van der Waals surface area contributed by atoms with Gasteiger partial charge >= 0.3 is 0 Å². The minimum atomic E-state index is 0. The Morgan fingerprint density at radius 1 is 1.42 bits per heavy atom. The van der Waals surface area contributed by atoms with Gasteiger partial charge in [-0.15, -0.1) is 12.4 Å². The molecule has 3 rings (SSSR count). The number of hydrogen-bond donors (Lipinski definition) is 2. The lowest BCUT2D eigenvalue weighted by Crippen LogP contribution is -2.47. The zero-order valence-corrected chi connectivity index (χ0v) is 15.4. The molecule has 132 valence electrons. The highest BCUT2D eigenvalue weighted by Crippen LogP contribution is 2.25. The van der Waals surface area contributed by atoms with Crippen LogP contribution < -0.4 is 5.32 Å². The summed E-state index contributed by atoms with van der Waals surface area (Å²) in [7, 11) is 3.86. The second-order valence-electron chi connectivity index (χ2n) is 6.22. The molecule has 1 atom stereocenters. The van der Waals surface area contributed by atoms with Gasteiger partial charge in [-0.3, -0.25) is 14.6 Å². The van der Waals surface area contributed by atoms with Crippen molar-refractivity contribution in [3.05, 3.63) is 23.1 Å². The van der Waals surface area contributed by atoms with Crippen molar-refractivity contribution < 1.29 is 4.79 Å². The van der Waals surface area contributed by atoms with Gasteiger partial charge in [-0.1, -0.05) is 0 Å². The average molecular weight is 353 g/mol. The van der Waals surface area contributed by atoms with Gasteiger partial charge in [0, 0.05) is 37.4 Å². The maximum atomic E-state index is 12.7. The Bertz CT molecular complexity index is 722. The number of nitrogens with zero attached hydrogens (tertiary/aromatic N) is 4. The van der Waals surface area contributed by atoms with Gasteiger partial charge in [0.25, 0.3) is 5.91 Å². The van der Waals surface area contributed by atoms with Crippen LogP contribution in [0, 0.1) is 13.8 Å². The quantitative estimate of drug-likeness (QED) is 0.880. The molecule has 1 fully saturated rings. The van der Waals surface area contributed by atoms with Crippen molar-refractivity contribution in [1.29, 1.82) is 0 Å². The van der Waals surface area contributed by atoms with Crippen molar-refractivity contribution in [2.24, 2.45) is 7.05 Å². The van der Waals surface area contributed by atoms with E-state index >= 15 is 0 Å². The number of piperidine rings is 1. The lowest BCUT2D eigenvalue weighted by molar-refractivity contribution is 0.0692. The molecular formula is C16H25ClN6O. The van der Waals surface area contributed by atoms with Gasteiger partial charge in [-0.25, -0.2) is 0 Å². The highest BCUT2D eigenvalue weighted by Gasteiger charge is 2.25. The minimum Gasteiger partial charge on any atom is -0.336 e. The predicted octanol–water partition coefficient (Wildman–Crippen LogP) is 1.67. The Hall–Kier alpha value is -1.86. The van der Waals surface area contributed by atoms with E-state index in [1.54, 1.807) is 0 Å². The fourth-order valence-electron chi connectivity index (χ4n) is 3.27. The molecule has 1 aliphatic rings. The molecule has 1 amide bonds. The third-order valence-electron chi connectivity index (χ3n) is 4.69. The van der Waals surface area contributed by atoms with Crippen LogP contribution >= 0.6 is 12.4 Å². The summed E-state index contributed by atoms with van der Waals surface area (Å²) in [4.78, 5) is 14.6. The molecule has 0 spiro atoms. The van der Waals surface area contributed by atoms with Crippen molar-refractivity contribution in [3.8, 4) is 11.3 Å². The Morgan fingerprint density at radius 3 is 2.79 bits per heavy atom. The number of likely N-dealkylation sites (N-methyl/N-ethyl adjacent to an activating group) is 1. The van der Waals surface area contributed by atoms with E-state index in [2.05, 4.69) is 20.6 Å². The number of hydrogen-bond acceptors (Lipinski definition) is 4. The number of aromatic amines is 1. The summed E-state index contributed by atoms with van der Waals surface area (Å²) in [5.41, 5.74) is 4.28. The smallest absolute Gasteiger partial charge is 0.271 e. The van der Waals surface area contributed by atoms with Crippen LogP contribution in [0.3, 0.4) is 0 Å². The molecule has 24 heavy (non-hydrogen) atoms. The van der Waals surface area contributed by atoms with Gasteiger partial charge in [-0.05, 0) is 39.8 Å². The molecule has 7 nitrogen and oxygen atoms in total. The first-order valence-corrected chi connectivity index (χ1v) is 8.03. The summed E-state index contributed by atoms with van der Waals surface area (Å²) in [6.45, 7) is 5.51. The molecule has 1 saturated heterocycles. The van der Waals surface area contributed by atoms with E-state index in [9.17, 15) is 4.79 Å². The molecule has 0 radical (unpaired) electrons. The van der Waals surface area contributed by atoms with Gasteiger partial charge in [0.2, 0.25) is 0 Å². The van der Waals surface area contributed by atoms with Crippen LogP contribution in [0.25, 0.3) is 11.3 Å². The third-order valence-corrected chi connectivity index (χ3v) is 4.69. The lowest BCUT2D eigenvalue weighted by atomic mass is 10.1. The number of aryl methyl sites for hydroxylation is 2. The Balaban J connectivity index is 0.00000208. The maximum absolute atomic E-state index is 12.7. The molecule has 0 aliphatic carbocycles. The van der Waals surface area contributed by atoms with Crippen LogP contribution in [0.15, 0.2) is 6.07 Å². The molecule has 0 aromatic carbocycles. The first-order valence-electron chi connectivity index (χ1n) is 8.03. The zero-order valence-electron chi connectivity index (χ0n) is 14.6. The predicted molar refractivity (Wildman–Crippen MR) is 95.5 cm³/mol. The number of likely N-dealkylation sites (tertiary alicyclic amines) is 1. The Kier molecular flexibility index (Phi) is 5.66. The number of rotatable bonds is 3. The summed E-state index contributed by atoms with van der Waals surface area (Å²) in [6.07, 6.45) is 2.14. The van der Waals surface area contributed by atoms with Crippen LogP contribution in [0.1, 0.15) is 34.7 Å². The molecule has 2 aromatic rings. The lowest BCUT2D eigenvalue weighted by Gasteiger charge is -2.32. The molecule has 3 heterocycles. The van der Waals surface area contributed by atoms with Gasteiger partial charge in [0.15, 0.2) is 0 Å². The van der Waals surface area contributed by atoms with Crippen LogP contribution in [0.5, 0.6) is 0 Å². The van der Waals surface area contributed by atoms with Crippen LogP contribution in [-0.2, 0) is 7.05 Å². The van der Waals surface area contributed by atoms with Crippen molar-refractivity contribution in [3.63, 3.8) is 0 Å². The number of amides is 1. The van der Waals surface area contributed by atoms with Gasteiger partial charge in [0.1, 0.15) is 5.69 Å². The molecule has 2 aromatic heterocycles. The fraction of sp³-hybridized carbons (Fsp3) is 0.562. The van der Waals surface area contributed by atoms with E-state index in [0.29, 0.717) is 11.7 Å². The van der Waals surface area contributed by atoms with E-state index in [0.717, 1.165) is 48.6 Å². The van der Waals surface area contributed by atoms with Crippen molar-refractivity contribution >= 4 is 18.3 Å². The average Bonchev–Trinajstić information content (AvgIpc) is 3.12. The van der Waals surface area contributed by atoms with Crippen molar-refractivity contribution in [1.82, 2.24) is 30.2 Å². The van der Waals surface area contributed by atoms with Crippen molar-refractivity contribution in [2.45, 2.75) is 32.7 Å². The number of carbonyl (C=O) groups is 1. The minimum absolute atomic E-state index is 0. The zero-order chi connectivity index (χ0) is 16.6. The van der Waals surface area contributed by atoms with E-state index < -0.39 is 0 Å². The number of aromatic nitrogens is 4. The summed E-state index contributed by atoms with van der Waals surface area (Å²) < 4.78 is 1.84. The van der Waals surface area contributed by atoms with Gasteiger partial charge in [-0.2, -0.15) is 10.2 Å². The molecule has 8 heteroatoms. The first-order chi connectivity index (χ1) is 11.0. The Labute approximate surface area is 148 Å². The number of H-pyrrole nitrogens is 1.